The van der Waals surface area contributed by atoms with Crippen LogP contribution in [0.3, 0.4) is 0 Å². The molecular formula is C52H32N2. The van der Waals surface area contributed by atoms with Gasteiger partial charge in [-0.2, -0.15) is 0 Å². The highest BCUT2D eigenvalue weighted by Gasteiger charge is 2.17. The number of fused-ring (bicyclic) bond motifs is 6. The molecule has 0 saturated carbocycles. The van der Waals surface area contributed by atoms with Gasteiger partial charge in [-0.1, -0.05) is 170 Å². The summed E-state index contributed by atoms with van der Waals surface area (Å²) in [5, 5.41) is 12.3. The monoisotopic (exact) mass is 684 g/mol. The van der Waals surface area contributed by atoms with Gasteiger partial charge >= 0.3 is 0 Å². The summed E-state index contributed by atoms with van der Waals surface area (Å²) in [6.45, 7) is 0. The summed E-state index contributed by atoms with van der Waals surface area (Å²) in [6, 6.07) is 69.9. The van der Waals surface area contributed by atoms with Crippen LogP contribution in [0.15, 0.2) is 194 Å². The molecule has 0 N–H and O–H groups in total. The van der Waals surface area contributed by atoms with Gasteiger partial charge in [0.1, 0.15) is 0 Å². The molecular weight excluding hydrogens is 653 g/mol. The molecule has 0 radical (unpaired) electrons. The van der Waals surface area contributed by atoms with Gasteiger partial charge in [0, 0.05) is 11.1 Å². The van der Waals surface area contributed by atoms with Crippen molar-refractivity contribution < 1.29 is 0 Å². The minimum atomic E-state index is 0.871. The summed E-state index contributed by atoms with van der Waals surface area (Å²) in [4.78, 5) is 10.7. The van der Waals surface area contributed by atoms with E-state index in [1.807, 2.05) is 0 Å². The maximum atomic E-state index is 5.37. The molecule has 0 bridgehead atoms. The molecule has 0 aliphatic rings. The maximum absolute atomic E-state index is 5.37. The van der Waals surface area contributed by atoms with Crippen LogP contribution >= 0.6 is 0 Å². The largest absolute Gasteiger partial charge is 0.244 e. The molecule has 0 atom stereocenters. The molecule has 0 unspecified atom stereocenters. The lowest BCUT2D eigenvalue weighted by molar-refractivity contribution is 1.30. The summed E-state index contributed by atoms with van der Waals surface area (Å²) >= 11 is 0. The van der Waals surface area contributed by atoms with Crippen molar-refractivity contribution in [2.24, 2.45) is 0 Å². The lowest BCUT2D eigenvalue weighted by Crippen LogP contribution is -1.96. The highest BCUT2D eigenvalue weighted by atomic mass is 14.8. The van der Waals surface area contributed by atoms with E-state index in [1.54, 1.807) is 0 Å². The molecule has 2 nitrogen and oxygen atoms in total. The van der Waals surface area contributed by atoms with E-state index < -0.39 is 0 Å². The average molecular weight is 685 g/mol. The SMILES string of the molecule is c1ccc2cc3nc(-c4ccc(-c5c6ccccc6cc6ccccc56)cc4)c(-c4ccc(-c5c6ccccc6cc6ccccc56)cc4)nc3cc2c1. The number of hydrogen-bond acceptors (Lipinski definition) is 2. The van der Waals surface area contributed by atoms with Crippen LogP contribution in [0.1, 0.15) is 0 Å². The predicted octanol–water partition coefficient (Wildman–Crippen LogP) is 14.1. The van der Waals surface area contributed by atoms with Crippen molar-refractivity contribution in [2.75, 3.05) is 0 Å². The third kappa shape index (κ3) is 4.96. The highest BCUT2D eigenvalue weighted by Crippen LogP contribution is 2.40. The normalized spacial score (nSPS) is 11.7. The van der Waals surface area contributed by atoms with Crippen molar-refractivity contribution in [2.45, 2.75) is 0 Å². The van der Waals surface area contributed by atoms with Crippen LogP contribution in [0.25, 0.3) is 110 Å². The molecule has 1 aromatic heterocycles. The summed E-state index contributed by atoms with van der Waals surface area (Å²) in [5.74, 6) is 0. The molecule has 0 amide bonds. The van der Waals surface area contributed by atoms with Gasteiger partial charge in [0.25, 0.3) is 0 Å². The molecule has 1 heterocycles. The third-order valence-electron chi connectivity index (χ3n) is 11.0. The van der Waals surface area contributed by atoms with Crippen LogP contribution < -0.4 is 0 Å². The van der Waals surface area contributed by atoms with Gasteiger partial charge in [-0.25, -0.2) is 9.97 Å². The lowest BCUT2D eigenvalue weighted by atomic mass is 9.90. The molecule has 54 heavy (non-hydrogen) atoms. The van der Waals surface area contributed by atoms with E-state index in [0.717, 1.165) is 44.3 Å². The molecule has 11 aromatic rings. The Morgan fingerprint density at radius 1 is 0.241 bits per heavy atom. The first-order valence-corrected chi connectivity index (χ1v) is 18.5. The van der Waals surface area contributed by atoms with Crippen LogP contribution in [0.4, 0.5) is 0 Å². The minimum absolute atomic E-state index is 0.871. The minimum Gasteiger partial charge on any atom is -0.244 e. The van der Waals surface area contributed by atoms with Crippen molar-refractivity contribution >= 4 is 64.9 Å². The van der Waals surface area contributed by atoms with E-state index >= 15 is 0 Å². The molecule has 0 fully saturated rings. The van der Waals surface area contributed by atoms with Gasteiger partial charge < -0.3 is 0 Å². The molecule has 0 aliphatic carbocycles. The predicted molar refractivity (Wildman–Crippen MR) is 229 cm³/mol. The van der Waals surface area contributed by atoms with Crippen LogP contribution in [0, 0.1) is 0 Å². The summed E-state index contributed by atoms with van der Waals surface area (Å²) in [5.41, 5.74) is 10.4. The molecule has 0 spiro atoms. The summed E-state index contributed by atoms with van der Waals surface area (Å²) in [7, 11) is 0. The standard InChI is InChI=1S/C52H32N2/c1-2-12-38-32-48-47(31-37(38)11-1)53-51(35-25-21-33(22-26-35)49-43-17-7-3-13-39(43)29-40-14-4-8-18-44(40)49)52(54-48)36-27-23-34(24-28-36)50-45-19-9-5-15-41(45)30-42-16-6-10-20-46(42)50/h1-32H. The Kier molecular flexibility index (Phi) is 6.90. The van der Waals surface area contributed by atoms with Crippen LogP contribution in [0.5, 0.6) is 0 Å². The number of aromatic nitrogens is 2. The number of benzene rings is 10. The third-order valence-corrected chi connectivity index (χ3v) is 11.0. The fourth-order valence-electron chi connectivity index (χ4n) is 8.38. The zero-order valence-electron chi connectivity index (χ0n) is 29.4. The van der Waals surface area contributed by atoms with Gasteiger partial charge in [0.2, 0.25) is 0 Å². The molecule has 10 aromatic carbocycles. The Morgan fingerprint density at radius 3 is 0.852 bits per heavy atom. The van der Waals surface area contributed by atoms with E-state index in [1.165, 1.54) is 65.3 Å². The fraction of sp³-hybridized carbons (Fsp3) is 0. The maximum Gasteiger partial charge on any atom is 0.0973 e. The quantitative estimate of drug-likeness (QED) is 0.172. The molecule has 0 aliphatic heterocycles. The molecule has 250 valence electrons. The van der Waals surface area contributed by atoms with Crippen molar-refractivity contribution in [3.63, 3.8) is 0 Å². The second-order valence-electron chi connectivity index (χ2n) is 14.2. The Labute approximate surface area is 312 Å². The van der Waals surface area contributed by atoms with E-state index in [4.69, 9.17) is 9.97 Å². The van der Waals surface area contributed by atoms with Gasteiger partial charge in [-0.15, -0.1) is 0 Å². The zero-order chi connectivity index (χ0) is 35.6. The molecule has 11 rings (SSSR count). The number of hydrogen-bond donors (Lipinski definition) is 0. The first-order chi connectivity index (χ1) is 26.7. The van der Waals surface area contributed by atoms with Gasteiger partial charge in [-0.3, -0.25) is 0 Å². The van der Waals surface area contributed by atoms with Gasteiger partial charge in [-0.05, 0) is 100 Å². The van der Waals surface area contributed by atoms with Crippen molar-refractivity contribution in [3.05, 3.63) is 194 Å². The van der Waals surface area contributed by atoms with Crippen molar-refractivity contribution in [1.29, 1.82) is 0 Å². The van der Waals surface area contributed by atoms with Crippen LogP contribution in [-0.2, 0) is 0 Å². The topological polar surface area (TPSA) is 25.8 Å². The Bertz CT molecular complexity index is 2920. The summed E-state index contributed by atoms with van der Waals surface area (Å²) < 4.78 is 0. The fourth-order valence-corrected chi connectivity index (χ4v) is 8.38. The number of rotatable bonds is 4. The van der Waals surface area contributed by atoms with Gasteiger partial charge in [0.05, 0.1) is 22.4 Å². The van der Waals surface area contributed by atoms with E-state index in [9.17, 15) is 0 Å². The highest BCUT2D eigenvalue weighted by molar-refractivity contribution is 6.14. The Morgan fingerprint density at radius 2 is 0.519 bits per heavy atom. The smallest absolute Gasteiger partial charge is 0.0973 e. The van der Waals surface area contributed by atoms with E-state index in [0.29, 0.717) is 0 Å². The Balaban J connectivity index is 1.09. The van der Waals surface area contributed by atoms with Gasteiger partial charge in [0.15, 0.2) is 0 Å². The Hall–Kier alpha value is -7.16. The van der Waals surface area contributed by atoms with Crippen LogP contribution in [0.2, 0.25) is 0 Å². The zero-order valence-corrected chi connectivity index (χ0v) is 29.4. The first-order valence-electron chi connectivity index (χ1n) is 18.5. The molecule has 0 saturated heterocycles. The lowest BCUT2D eigenvalue weighted by Gasteiger charge is -2.15. The summed E-state index contributed by atoms with van der Waals surface area (Å²) in [6.07, 6.45) is 0. The second kappa shape index (κ2) is 12.2. The van der Waals surface area contributed by atoms with Crippen molar-refractivity contribution in [3.8, 4) is 44.8 Å². The van der Waals surface area contributed by atoms with E-state index in [2.05, 4.69) is 194 Å². The van der Waals surface area contributed by atoms with Crippen molar-refractivity contribution in [1.82, 2.24) is 9.97 Å². The average Bonchev–Trinajstić information content (AvgIpc) is 3.23. The van der Waals surface area contributed by atoms with E-state index in [-0.39, 0.29) is 0 Å². The second-order valence-corrected chi connectivity index (χ2v) is 14.2. The van der Waals surface area contributed by atoms with Crippen LogP contribution in [-0.4, -0.2) is 9.97 Å². The number of nitrogens with zero attached hydrogens (tertiary/aromatic N) is 2. The molecule has 2 heteroatoms. The first kappa shape index (κ1) is 30.5.